The largest absolute Gasteiger partial charge is 0.497 e. The second-order valence-electron chi connectivity index (χ2n) is 6.80. The number of hydrogen-bond donors (Lipinski definition) is 0. The van der Waals surface area contributed by atoms with Gasteiger partial charge in [0, 0.05) is 13.0 Å². The molecule has 0 spiro atoms. The molecule has 0 atom stereocenters. The molecule has 0 N–H and O–H groups in total. The van der Waals surface area contributed by atoms with E-state index in [2.05, 4.69) is 4.98 Å². The summed E-state index contributed by atoms with van der Waals surface area (Å²) >= 11 is 1.45. The van der Waals surface area contributed by atoms with Crippen molar-refractivity contribution in [2.75, 3.05) is 26.8 Å². The first-order valence-corrected chi connectivity index (χ1v) is 10.8. The van der Waals surface area contributed by atoms with Crippen molar-refractivity contribution in [2.24, 2.45) is 0 Å². The van der Waals surface area contributed by atoms with E-state index in [4.69, 9.17) is 9.47 Å². The fraction of sp³-hybridized carbons (Fsp3) is 0.348. The van der Waals surface area contributed by atoms with Crippen molar-refractivity contribution in [1.29, 1.82) is 0 Å². The van der Waals surface area contributed by atoms with Gasteiger partial charge in [0.25, 0.3) is 0 Å². The average Bonchev–Trinajstić information content (AvgIpc) is 3.16. The van der Waals surface area contributed by atoms with Gasteiger partial charge >= 0.3 is 5.97 Å². The van der Waals surface area contributed by atoms with Gasteiger partial charge in [-0.25, -0.2) is 4.98 Å². The summed E-state index contributed by atoms with van der Waals surface area (Å²) in [5.41, 5.74) is 1.98. The number of ether oxygens (including phenoxy) is 2. The molecule has 0 aliphatic carbocycles. The van der Waals surface area contributed by atoms with Gasteiger partial charge in [0.05, 0.1) is 30.3 Å². The predicted octanol–water partition coefficient (Wildman–Crippen LogP) is 3.87. The molecule has 2 aromatic carbocycles. The molecule has 1 aromatic heterocycles. The van der Waals surface area contributed by atoms with Crippen molar-refractivity contribution in [3.63, 3.8) is 0 Å². The van der Waals surface area contributed by atoms with Gasteiger partial charge < -0.3 is 14.4 Å². The quantitative estimate of drug-likeness (QED) is 0.460. The zero-order valence-electron chi connectivity index (χ0n) is 17.3. The Labute approximate surface area is 180 Å². The van der Waals surface area contributed by atoms with Gasteiger partial charge in [0.1, 0.15) is 17.4 Å². The van der Waals surface area contributed by atoms with Crippen LogP contribution in [0.2, 0.25) is 0 Å². The molecule has 3 rings (SSSR count). The number of fused-ring (bicyclic) bond motifs is 1. The highest BCUT2D eigenvalue weighted by molar-refractivity contribution is 7.18. The second kappa shape index (κ2) is 10.7. The molecular weight excluding hydrogens is 400 g/mol. The van der Waals surface area contributed by atoms with E-state index in [0.717, 1.165) is 21.5 Å². The number of hydrogen-bond acceptors (Lipinski definition) is 6. The molecule has 1 heterocycles. The van der Waals surface area contributed by atoms with Crippen molar-refractivity contribution in [1.82, 2.24) is 9.88 Å². The Balaban J connectivity index is 1.43. The molecule has 3 aromatic rings. The van der Waals surface area contributed by atoms with Gasteiger partial charge in [-0.3, -0.25) is 9.59 Å². The first-order chi connectivity index (χ1) is 14.6. The summed E-state index contributed by atoms with van der Waals surface area (Å²) in [5.74, 6) is 0.489. The number of thiazole rings is 1. The van der Waals surface area contributed by atoms with E-state index >= 15 is 0 Å². The summed E-state index contributed by atoms with van der Waals surface area (Å²) in [7, 11) is 1.62. The molecule has 0 saturated heterocycles. The van der Waals surface area contributed by atoms with E-state index in [1.165, 1.54) is 11.3 Å². The highest BCUT2D eigenvalue weighted by Crippen LogP contribution is 2.26. The zero-order valence-corrected chi connectivity index (χ0v) is 18.1. The van der Waals surface area contributed by atoms with E-state index in [0.29, 0.717) is 30.9 Å². The van der Waals surface area contributed by atoms with Gasteiger partial charge in [-0.1, -0.05) is 30.3 Å². The highest BCUT2D eigenvalue weighted by Gasteiger charge is 2.14. The summed E-state index contributed by atoms with van der Waals surface area (Å²) in [5, 5.41) is 0.703. The molecule has 30 heavy (non-hydrogen) atoms. The van der Waals surface area contributed by atoms with Crippen molar-refractivity contribution in [2.45, 2.75) is 26.2 Å². The van der Waals surface area contributed by atoms with Crippen LogP contribution >= 0.6 is 11.3 Å². The maximum atomic E-state index is 12.4. The monoisotopic (exact) mass is 426 g/mol. The number of likely N-dealkylation sites (N-methyl/N-ethyl adjacent to an activating group) is 1. The third-order valence-corrected chi connectivity index (χ3v) is 5.78. The van der Waals surface area contributed by atoms with Crippen LogP contribution in [0.15, 0.2) is 48.5 Å². The minimum Gasteiger partial charge on any atom is -0.497 e. The minimum absolute atomic E-state index is 0.0672. The number of nitrogens with zero attached hydrogens (tertiary/aromatic N) is 2. The molecule has 0 unspecified atom stereocenters. The fourth-order valence-electron chi connectivity index (χ4n) is 3.11. The standard InChI is InChI=1S/C23H26N2O4S/c1-3-25(22(26)12-9-17-7-5-4-6-8-17)13-14-29-23(27)16-21-24-19-11-10-18(28-2)15-20(19)30-21/h4-8,10-11,15H,3,9,12-14,16H2,1-2H3. The van der Waals surface area contributed by atoms with Crippen LogP contribution in [0.1, 0.15) is 23.9 Å². The topological polar surface area (TPSA) is 68.7 Å². The number of aromatic nitrogens is 1. The van der Waals surface area contributed by atoms with Gasteiger partial charge in [-0.05, 0) is 37.1 Å². The van der Waals surface area contributed by atoms with Gasteiger partial charge in [0.15, 0.2) is 0 Å². The maximum Gasteiger partial charge on any atom is 0.312 e. The van der Waals surface area contributed by atoms with Crippen molar-refractivity contribution in [3.05, 3.63) is 59.1 Å². The number of amides is 1. The molecular formula is C23H26N2O4S. The van der Waals surface area contributed by atoms with E-state index in [1.807, 2.05) is 55.5 Å². The van der Waals surface area contributed by atoms with Gasteiger partial charge in [-0.15, -0.1) is 11.3 Å². The molecule has 0 aliphatic rings. The number of carbonyl (C=O) groups is 2. The third-order valence-electron chi connectivity index (χ3n) is 4.76. The molecule has 158 valence electrons. The molecule has 0 radical (unpaired) electrons. The Bertz CT molecular complexity index is 987. The lowest BCUT2D eigenvalue weighted by Gasteiger charge is -2.20. The average molecular weight is 427 g/mol. The molecule has 7 heteroatoms. The lowest BCUT2D eigenvalue weighted by Crippen LogP contribution is -2.34. The summed E-state index contributed by atoms with van der Waals surface area (Å²) in [6, 6.07) is 15.6. The summed E-state index contributed by atoms with van der Waals surface area (Å²) in [6.45, 7) is 3.10. The van der Waals surface area contributed by atoms with Crippen LogP contribution in [0.25, 0.3) is 10.2 Å². The fourth-order valence-corrected chi connectivity index (χ4v) is 4.09. The second-order valence-corrected chi connectivity index (χ2v) is 7.91. The Kier molecular flexibility index (Phi) is 7.79. The predicted molar refractivity (Wildman–Crippen MR) is 118 cm³/mol. The number of methoxy groups -OCH3 is 1. The molecule has 1 amide bonds. The summed E-state index contributed by atoms with van der Waals surface area (Å²) in [4.78, 5) is 30.8. The van der Waals surface area contributed by atoms with Gasteiger partial charge in [0.2, 0.25) is 5.91 Å². The first kappa shape index (κ1) is 21.8. The van der Waals surface area contributed by atoms with Gasteiger partial charge in [-0.2, -0.15) is 0 Å². The van der Waals surface area contributed by atoms with Crippen LogP contribution in [-0.4, -0.2) is 48.6 Å². The Morgan fingerprint density at radius 2 is 1.93 bits per heavy atom. The number of rotatable bonds is 10. The lowest BCUT2D eigenvalue weighted by atomic mass is 10.1. The SMILES string of the molecule is CCN(CCOC(=O)Cc1nc2ccc(OC)cc2s1)C(=O)CCc1ccccc1. The summed E-state index contributed by atoms with van der Waals surface area (Å²) < 4.78 is 11.5. The van der Waals surface area contributed by atoms with Crippen LogP contribution in [0, 0.1) is 0 Å². The number of benzene rings is 2. The van der Waals surface area contributed by atoms with E-state index in [9.17, 15) is 9.59 Å². The molecule has 0 saturated carbocycles. The number of aryl methyl sites for hydroxylation is 1. The number of esters is 1. The normalized spacial score (nSPS) is 10.7. The first-order valence-electron chi connectivity index (χ1n) is 9.99. The van der Waals surface area contributed by atoms with Crippen LogP contribution in [-0.2, 0) is 27.2 Å². The highest BCUT2D eigenvalue weighted by atomic mass is 32.1. The lowest BCUT2D eigenvalue weighted by molar-refractivity contribution is -0.145. The summed E-state index contributed by atoms with van der Waals surface area (Å²) in [6.07, 6.45) is 1.27. The van der Waals surface area contributed by atoms with Crippen molar-refractivity contribution >= 4 is 33.4 Å². The Morgan fingerprint density at radius 1 is 1.13 bits per heavy atom. The van der Waals surface area contributed by atoms with E-state index in [-0.39, 0.29) is 24.9 Å². The van der Waals surface area contributed by atoms with Crippen molar-refractivity contribution in [3.8, 4) is 5.75 Å². The number of carbonyl (C=O) groups excluding carboxylic acids is 2. The van der Waals surface area contributed by atoms with E-state index < -0.39 is 0 Å². The van der Waals surface area contributed by atoms with Crippen LogP contribution < -0.4 is 4.74 Å². The van der Waals surface area contributed by atoms with Crippen LogP contribution in [0.4, 0.5) is 0 Å². The van der Waals surface area contributed by atoms with E-state index in [1.54, 1.807) is 12.0 Å². The molecule has 0 bridgehead atoms. The molecule has 0 aliphatic heterocycles. The smallest absolute Gasteiger partial charge is 0.312 e. The van der Waals surface area contributed by atoms with Crippen LogP contribution in [0.3, 0.4) is 0 Å². The minimum atomic E-state index is -0.339. The maximum absolute atomic E-state index is 12.4. The third kappa shape index (κ3) is 6.03. The zero-order chi connectivity index (χ0) is 21.3. The molecule has 6 nitrogen and oxygen atoms in total. The Morgan fingerprint density at radius 3 is 2.67 bits per heavy atom. The van der Waals surface area contributed by atoms with Crippen LogP contribution in [0.5, 0.6) is 5.75 Å². The molecule has 0 fully saturated rings. The Hall–Kier alpha value is -2.93. The van der Waals surface area contributed by atoms with Crippen molar-refractivity contribution < 1.29 is 19.1 Å².